The van der Waals surface area contributed by atoms with E-state index in [1.807, 2.05) is 19.1 Å². The van der Waals surface area contributed by atoms with Crippen molar-refractivity contribution in [2.45, 2.75) is 32.7 Å². The molecule has 2 rings (SSSR count). The van der Waals surface area contributed by atoms with E-state index in [4.69, 9.17) is 11.6 Å². The van der Waals surface area contributed by atoms with Crippen LogP contribution < -0.4 is 5.32 Å². The monoisotopic (exact) mass is 359 g/mol. The van der Waals surface area contributed by atoms with Gasteiger partial charge in [0.15, 0.2) is 0 Å². The van der Waals surface area contributed by atoms with Crippen molar-refractivity contribution >= 4 is 29.1 Å². The Bertz CT molecular complexity index is 750. The van der Waals surface area contributed by atoms with E-state index >= 15 is 0 Å². The third-order valence-electron chi connectivity index (χ3n) is 4.05. The second-order valence-corrected chi connectivity index (χ2v) is 6.15. The fourth-order valence-electron chi connectivity index (χ4n) is 2.68. The highest BCUT2D eigenvalue weighted by Gasteiger charge is 2.24. The maximum absolute atomic E-state index is 13.0. The van der Waals surface area contributed by atoms with Crippen molar-refractivity contribution in [3.63, 3.8) is 0 Å². The molecule has 25 heavy (non-hydrogen) atoms. The number of pyridine rings is 1. The van der Waals surface area contributed by atoms with Gasteiger partial charge in [-0.05, 0) is 36.2 Å². The van der Waals surface area contributed by atoms with Gasteiger partial charge in [0.25, 0.3) is 5.91 Å². The highest BCUT2D eigenvalue weighted by molar-refractivity contribution is 6.31. The van der Waals surface area contributed by atoms with Crippen LogP contribution in [0.1, 0.15) is 48.7 Å². The zero-order chi connectivity index (χ0) is 18.4. The number of aromatic nitrogens is 1. The summed E-state index contributed by atoms with van der Waals surface area (Å²) in [6, 6.07) is 8.59. The average Bonchev–Trinajstić information content (AvgIpc) is 2.62. The largest absolute Gasteiger partial charge is 0.335 e. The van der Waals surface area contributed by atoms with Gasteiger partial charge in [0.1, 0.15) is 0 Å². The molecule has 0 spiro atoms. The van der Waals surface area contributed by atoms with Crippen molar-refractivity contribution in [1.29, 1.82) is 0 Å². The van der Waals surface area contributed by atoms with Crippen LogP contribution in [0.2, 0.25) is 5.02 Å². The van der Waals surface area contributed by atoms with E-state index in [0.29, 0.717) is 22.7 Å². The van der Waals surface area contributed by atoms with Crippen LogP contribution in [0.4, 0.5) is 5.69 Å². The molecule has 2 aromatic rings. The normalized spacial score (nSPS) is 11.7. The van der Waals surface area contributed by atoms with Crippen molar-refractivity contribution in [2.75, 3.05) is 12.4 Å². The first kappa shape index (κ1) is 18.9. The molecule has 0 saturated carbocycles. The van der Waals surface area contributed by atoms with E-state index in [1.165, 1.54) is 0 Å². The number of nitrogens with zero attached hydrogens (tertiary/aromatic N) is 2. The minimum atomic E-state index is -0.182. The van der Waals surface area contributed by atoms with Gasteiger partial charge in [-0.15, -0.1) is 0 Å². The van der Waals surface area contributed by atoms with Gasteiger partial charge in [-0.2, -0.15) is 0 Å². The molecule has 5 nitrogen and oxygen atoms in total. The van der Waals surface area contributed by atoms with Gasteiger partial charge in [-0.1, -0.05) is 31.5 Å². The molecule has 0 aliphatic carbocycles. The smallest absolute Gasteiger partial charge is 0.256 e. The van der Waals surface area contributed by atoms with E-state index in [-0.39, 0.29) is 17.9 Å². The lowest BCUT2D eigenvalue weighted by atomic mass is 10.0. The number of carbonyl (C=O) groups is 2. The Labute approximate surface area is 153 Å². The number of hydrogen-bond acceptors (Lipinski definition) is 3. The fraction of sp³-hybridized carbons (Fsp3) is 0.316. The Kier molecular flexibility index (Phi) is 6.53. The van der Waals surface area contributed by atoms with Gasteiger partial charge in [0, 0.05) is 30.9 Å². The summed E-state index contributed by atoms with van der Waals surface area (Å²) in [5.74, 6) is -0.350. The lowest BCUT2D eigenvalue weighted by molar-refractivity contribution is -0.115. The summed E-state index contributed by atoms with van der Waals surface area (Å²) in [4.78, 5) is 30.6. The summed E-state index contributed by atoms with van der Waals surface area (Å²) >= 11 is 6.03. The highest BCUT2D eigenvalue weighted by atomic mass is 35.5. The third kappa shape index (κ3) is 4.57. The number of carbonyl (C=O) groups excluding carboxylic acids is 2. The molecule has 1 N–H and O–H groups in total. The maximum atomic E-state index is 13.0. The quantitative estimate of drug-likeness (QED) is 0.836. The van der Waals surface area contributed by atoms with E-state index in [9.17, 15) is 9.59 Å². The number of amides is 2. The van der Waals surface area contributed by atoms with Gasteiger partial charge >= 0.3 is 0 Å². The van der Waals surface area contributed by atoms with Crippen LogP contribution in [-0.4, -0.2) is 28.7 Å². The number of benzene rings is 1. The minimum Gasteiger partial charge on any atom is -0.335 e. The molecular formula is C19H22ClN3O2. The Morgan fingerprint density at radius 1 is 1.28 bits per heavy atom. The zero-order valence-corrected chi connectivity index (χ0v) is 15.4. The van der Waals surface area contributed by atoms with Crippen LogP contribution in [0.15, 0.2) is 42.7 Å². The Hall–Kier alpha value is -2.40. The van der Waals surface area contributed by atoms with Gasteiger partial charge in [0.05, 0.1) is 17.3 Å². The van der Waals surface area contributed by atoms with E-state index < -0.39 is 0 Å². The van der Waals surface area contributed by atoms with Crippen molar-refractivity contribution in [2.24, 2.45) is 0 Å². The summed E-state index contributed by atoms with van der Waals surface area (Å²) in [6.07, 6.45) is 4.54. The Morgan fingerprint density at radius 2 is 2.04 bits per heavy atom. The summed E-state index contributed by atoms with van der Waals surface area (Å²) in [5.41, 5.74) is 1.81. The Morgan fingerprint density at radius 3 is 2.64 bits per heavy atom. The molecule has 1 aromatic carbocycles. The lowest BCUT2D eigenvalue weighted by Crippen LogP contribution is -2.31. The van der Waals surface area contributed by atoms with Crippen LogP contribution in [0.25, 0.3) is 0 Å². The molecule has 0 saturated heterocycles. The van der Waals surface area contributed by atoms with Crippen LogP contribution in [0.5, 0.6) is 0 Å². The number of rotatable bonds is 6. The molecule has 0 aliphatic heterocycles. The summed E-state index contributed by atoms with van der Waals surface area (Å²) in [5, 5.41) is 3.21. The predicted octanol–water partition coefficient (Wildman–Crippen LogP) is 4.31. The first-order chi connectivity index (χ1) is 12.0. The van der Waals surface area contributed by atoms with E-state index in [1.54, 1.807) is 49.5 Å². The molecule has 1 atom stereocenters. The third-order valence-corrected chi connectivity index (χ3v) is 4.29. The fourth-order valence-corrected chi connectivity index (χ4v) is 2.85. The summed E-state index contributed by atoms with van der Waals surface area (Å²) in [6.45, 7) is 3.77. The predicted molar refractivity (Wildman–Crippen MR) is 99.7 cm³/mol. The highest BCUT2D eigenvalue weighted by Crippen LogP contribution is 2.28. The molecule has 132 valence electrons. The molecule has 0 aliphatic rings. The Balaban J connectivity index is 2.34. The lowest BCUT2D eigenvalue weighted by Gasteiger charge is -2.28. The molecule has 1 aromatic heterocycles. The number of nitrogens with one attached hydrogen (secondary N) is 1. The van der Waals surface area contributed by atoms with E-state index in [0.717, 1.165) is 12.0 Å². The van der Waals surface area contributed by atoms with E-state index in [2.05, 4.69) is 10.3 Å². The van der Waals surface area contributed by atoms with Crippen LogP contribution >= 0.6 is 11.6 Å². The SMILES string of the molecule is CCC(=O)Nc1cc(Cl)ccc1C(=O)N(C)C(CC)c1cccnc1. The van der Waals surface area contributed by atoms with Crippen molar-refractivity contribution < 1.29 is 9.59 Å². The van der Waals surface area contributed by atoms with Crippen molar-refractivity contribution in [3.05, 3.63) is 58.9 Å². The number of anilines is 1. The number of hydrogen-bond donors (Lipinski definition) is 1. The van der Waals surface area contributed by atoms with Crippen molar-refractivity contribution in [3.8, 4) is 0 Å². The number of halogens is 1. The summed E-state index contributed by atoms with van der Waals surface area (Å²) in [7, 11) is 1.75. The average molecular weight is 360 g/mol. The molecule has 0 bridgehead atoms. The molecule has 6 heteroatoms. The molecule has 1 heterocycles. The van der Waals surface area contributed by atoms with Gasteiger partial charge in [0.2, 0.25) is 5.91 Å². The van der Waals surface area contributed by atoms with Gasteiger partial charge in [-0.25, -0.2) is 0 Å². The van der Waals surface area contributed by atoms with Crippen LogP contribution in [0.3, 0.4) is 0 Å². The minimum absolute atomic E-state index is 0.105. The van der Waals surface area contributed by atoms with Gasteiger partial charge in [-0.3, -0.25) is 14.6 Å². The van der Waals surface area contributed by atoms with Crippen molar-refractivity contribution in [1.82, 2.24) is 9.88 Å². The molecule has 1 unspecified atom stereocenters. The first-order valence-electron chi connectivity index (χ1n) is 8.24. The summed E-state index contributed by atoms with van der Waals surface area (Å²) < 4.78 is 0. The molecule has 0 radical (unpaired) electrons. The standard InChI is InChI=1S/C19H22ClN3O2/c1-4-17(13-7-6-10-21-12-13)23(3)19(25)15-9-8-14(20)11-16(15)22-18(24)5-2/h6-12,17H,4-5H2,1-3H3,(H,22,24). The van der Waals surface area contributed by atoms with Gasteiger partial charge < -0.3 is 10.2 Å². The zero-order valence-electron chi connectivity index (χ0n) is 14.6. The topological polar surface area (TPSA) is 62.3 Å². The molecular weight excluding hydrogens is 338 g/mol. The second kappa shape index (κ2) is 8.62. The molecule has 2 amide bonds. The second-order valence-electron chi connectivity index (χ2n) is 5.72. The van der Waals surface area contributed by atoms with Crippen LogP contribution in [0, 0.1) is 0 Å². The van der Waals surface area contributed by atoms with Crippen LogP contribution in [-0.2, 0) is 4.79 Å². The maximum Gasteiger partial charge on any atom is 0.256 e. The molecule has 0 fully saturated rings. The first-order valence-corrected chi connectivity index (χ1v) is 8.62.